The molecule has 0 saturated carbocycles. The number of hydrogen-bond acceptors (Lipinski definition) is 5. The Labute approximate surface area is 117 Å². The van der Waals surface area contributed by atoms with Crippen molar-refractivity contribution >= 4 is 17.4 Å². The summed E-state index contributed by atoms with van der Waals surface area (Å²) in [5, 5.41) is 13.8. The monoisotopic (exact) mass is 271 g/mol. The van der Waals surface area contributed by atoms with Crippen LogP contribution in [0.5, 0.6) is 0 Å². The molecule has 2 aromatic rings. The molecule has 1 amide bonds. The minimum absolute atomic E-state index is 0.281. The molecule has 0 aliphatic carbocycles. The van der Waals surface area contributed by atoms with Gasteiger partial charge in [-0.2, -0.15) is 0 Å². The van der Waals surface area contributed by atoms with E-state index in [9.17, 15) is 4.79 Å². The molecule has 2 heterocycles. The fourth-order valence-electron chi connectivity index (χ4n) is 1.60. The molecule has 0 aromatic carbocycles. The summed E-state index contributed by atoms with van der Waals surface area (Å²) in [6.07, 6.45) is 4.33. The Morgan fingerprint density at radius 1 is 1.25 bits per heavy atom. The lowest BCUT2D eigenvalue weighted by atomic mass is 10.2. The van der Waals surface area contributed by atoms with E-state index < -0.39 is 0 Å². The molecule has 104 valence electrons. The normalized spacial score (nSPS) is 10.1. The summed E-state index contributed by atoms with van der Waals surface area (Å²) in [5.74, 6) is 0.386. The van der Waals surface area contributed by atoms with Crippen LogP contribution in [0.3, 0.4) is 0 Å². The molecular weight excluding hydrogens is 254 g/mol. The number of amides is 1. The molecule has 2 aromatic heterocycles. The molecule has 0 aliphatic heterocycles. The van der Waals surface area contributed by atoms with Crippen LogP contribution >= 0.6 is 0 Å². The summed E-state index contributed by atoms with van der Waals surface area (Å²) in [6, 6.07) is 5.14. The molecule has 6 heteroatoms. The lowest BCUT2D eigenvalue weighted by Gasteiger charge is -2.07. The van der Waals surface area contributed by atoms with E-state index in [1.54, 1.807) is 30.6 Å². The standard InChI is InChI=1S/C14H17N5O/c1-3-7-16-13-5-4-12(18-19-13)14(20)17-11-6-8-15-9-10(11)2/h4-6,8-9H,3,7H2,1-2H3,(H,16,19)(H,15,17,20). The van der Waals surface area contributed by atoms with Gasteiger partial charge in [-0.1, -0.05) is 6.92 Å². The highest BCUT2D eigenvalue weighted by atomic mass is 16.1. The molecule has 2 N–H and O–H groups in total. The van der Waals surface area contributed by atoms with Crippen LogP contribution in [-0.4, -0.2) is 27.6 Å². The van der Waals surface area contributed by atoms with Crippen LogP contribution in [0.15, 0.2) is 30.6 Å². The van der Waals surface area contributed by atoms with E-state index in [1.165, 1.54) is 0 Å². The van der Waals surface area contributed by atoms with Gasteiger partial charge in [-0.05, 0) is 37.1 Å². The second-order valence-electron chi connectivity index (χ2n) is 4.38. The van der Waals surface area contributed by atoms with E-state index in [2.05, 4.69) is 32.7 Å². The third kappa shape index (κ3) is 3.50. The van der Waals surface area contributed by atoms with Gasteiger partial charge >= 0.3 is 0 Å². The Morgan fingerprint density at radius 2 is 2.10 bits per heavy atom. The number of carbonyl (C=O) groups is 1. The second-order valence-corrected chi connectivity index (χ2v) is 4.38. The highest BCUT2D eigenvalue weighted by molar-refractivity contribution is 6.03. The van der Waals surface area contributed by atoms with E-state index in [-0.39, 0.29) is 11.6 Å². The second kappa shape index (κ2) is 6.60. The third-order valence-electron chi connectivity index (χ3n) is 2.72. The average molecular weight is 271 g/mol. The van der Waals surface area contributed by atoms with Crippen molar-refractivity contribution in [3.05, 3.63) is 41.9 Å². The molecule has 0 spiro atoms. The first-order valence-corrected chi connectivity index (χ1v) is 6.50. The molecule has 0 saturated heterocycles. The van der Waals surface area contributed by atoms with Crippen LogP contribution in [0.4, 0.5) is 11.5 Å². The van der Waals surface area contributed by atoms with Crippen molar-refractivity contribution in [3.8, 4) is 0 Å². The molecule has 0 atom stereocenters. The Kier molecular flexibility index (Phi) is 4.60. The van der Waals surface area contributed by atoms with Gasteiger partial charge < -0.3 is 10.6 Å². The van der Waals surface area contributed by atoms with Crippen molar-refractivity contribution in [1.82, 2.24) is 15.2 Å². The number of nitrogens with zero attached hydrogens (tertiary/aromatic N) is 3. The Bertz CT molecular complexity index is 582. The SMILES string of the molecule is CCCNc1ccc(C(=O)Nc2ccncc2C)nn1. The zero-order chi connectivity index (χ0) is 14.4. The average Bonchev–Trinajstić information content (AvgIpc) is 2.48. The van der Waals surface area contributed by atoms with Gasteiger partial charge in [-0.15, -0.1) is 10.2 Å². The fourth-order valence-corrected chi connectivity index (χ4v) is 1.60. The zero-order valence-electron chi connectivity index (χ0n) is 11.6. The minimum Gasteiger partial charge on any atom is -0.369 e. The zero-order valence-corrected chi connectivity index (χ0v) is 11.6. The van der Waals surface area contributed by atoms with Crippen LogP contribution in [0.2, 0.25) is 0 Å². The van der Waals surface area contributed by atoms with E-state index in [0.717, 1.165) is 24.2 Å². The highest BCUT2D eigenvalue weighted by Gasteiger charge is 2.09. The van der Waals surface area contributed by atoms with Crippen LogP contribution in [0.1, 0.15) is 29.4 Å². The lowest BCUT2D eigenvalue weighted by molar-refractivity contribution is 0.102. The number of anilines is 2. The molecule has 0 fully saturated rings. The number of rotatable bonds is 5. The number of hydrogen-bond donors (Lipinski definition) is 2. The highest BCUT2D eigenvalue weighted by Crippen LogP contribution is 2.13. The van der Waals surface area contributed by atoms with Crippen LogP contribution in [0.25, 0.3) is 0 Å². The van der Waals surface area contributed by atoms with Gasteiger partial charge in [0.2, 0.25) is 0 Å². The van der Waals surface area contributed by atoms with Crippen LogP contribution < -0.4 is 10.6 Å². The van der Waals surface area contributed by atoms with E-state index in [4.69, 9.17) is 0 Å². The van der Waals surface area contributed by atoms with Crippen molar-refractivity contribution in [3.63, 3.8) is 0 Å². The maximum absolute atomic E-state index is 12.0. The van der Waals surface area contributed by atoms with Crippen molar-refractivity contribution in [2.75, 3.05) is 17.2 Å². The van der Waals surface area contributed by atoms with Crippen molar-refractivity contribution in [1.29, 1.82) is 0 Å². The quantitative estimate of drug-likeness (QED) is 0.872. The predicted octanol–water partition coefficient (Wildman–Crippen LogP) is 2.25. The summed E-state index contributed by atoms with van der Waals surface area (Å²) >= 11 is 0. The summed E-state index contributed by atoms with van der Waals surface area (Å²) < 4.78 is 0. The number of nitrogens with one attached hydrogen (secondary N) is 2. The molecule has 20 heavy (non-hydrogen) atoms. The number of carbonyl (C=O) groups excluding carboxylic acids is 1. The number of pyridine rings is 1. The van der Waals surface area contributed by atoms with Crippen LogP contribution in [-0.2, 0) is 0 Å². The summed E-state index contributed by atoms with van der Waals surface area (Å²) in [7, 11) is 0. The lowest BCUT2D eigenvalue weighted by Crippen LogP contribution is -2.15. The van der Waals surface area contributed by atoms with Crippen molar-refractivity contribution < 1.29 is 4.79 Å². The smallest absolute Gasteiger partial charge is 0.276 e. The van der Waals surface area contributed by atoms with Gasteiger partial charge in [0.15, 0.2) is 5.69 Å². The van der Waals surface area contributed by atoms with Gasteiger partial charge in [0.05, 0.1) is 0 Å². The maximum Gasteiger partial charge on any atom is 0.276 e. The van der Waals surface area contributed by atoms with Gasteiger partial charge in [0.1, 0.15) is 5.82 Å². The summed E-state index contributed by atoms with van der Waals surface area (Å²) in [5.41, 5.74) is 1.90. The first-order chi connectivity index (χ1) is 9.70. The molecule has 0 unspecified atom stereocenters. The minimum atomic E-state index is -0.283. The number of aryl methyl sites for hydroxylation is 1. The first-order valence-electron chi connectivity index (χ1n) is 6.50. The Balaban J connectivity index is 2.04. The third-order valence-corrected chi connectivity index (χ3v) is 2.72. The maximum atomic E-state index is 12.0. The van der Waals surface area contributed by atoms with Gasteiger partial charge in [-0.3, -0.25) is 9.78 Å². The van der Waals surface area contributed by atoms with E-state index >= 15 is 0 Å². The molecule has 6 nitrogen and oxygen atoms in total. The van der Waals surface area contributed by atoms with Crippen LogP contribution in [0, 0.1) is 6.92 Å². The predicted molar refractivity (Wildman–Crippen MR) is 77.7 cm³/mol. The largest absolute Gasteiger partial charge is 0.369 e. The van der Waals surface area contributed by atoms with Crippen molar-refractivity contribution in [2.45, 2.75) is 20.3 Å². The fraction of sp³-hybridized carbons (Fsp3) is 0.286. The van der Waals surface area contributed by atoms with Gasteiger partial charge in [0.25, 0.3) is 5.91 Å². The Morgan fingerprint density at radius 3 is 2.75 bits per heavy atom. The number of aromatic nitrogens is 3. The molecule has 0 bridgehead atoms. The molecule has 2 rings (SSSR count). The Hall–Kier alpha value is -2.50. The molecule has 0 radical (unpaired) electrons. The van der Waals surface area contributed by atoms with Crippen molar-refractivity contribution in [2.24, 2.45) is 0 Å². The topological polar surface area (TPSA) is 79.8 Å². The summed E-state index contributed by atoms with van der Waals surface area (Å²) in [6.45, 7) is 4.78. The first kappa shape index (κ1) is 13.9. The van der Waals surface area contributed by atoms with Gasteiger partial charge in [-0.25, -0.2) is 0 Å². The molecular formula is C14H17N5O. The summed E-state index contributed by atoms with van der Waals surface area (Å²) in [4.78, 5) is 16.0. The molecule has 0 aliphatic rings. The van der Waals surface area contributed by atoms with E-state index in [0.29, 0.717) is 5.82 Å². The van der Waals surface area contributed by atoms with Gasteiger partial charge in [0, 0.05) is 24.6 Å². The van der Waals surface area contributed by atoms with E-state index in [1.807, 2.05) is 6.92 Å².